The van der Waals surface area contributed by atoms with E-state index in [4.69, 9.17) is 10.5 Å². The first-order valence-corrected chi connectivity index (χ1v) is 8.45. The molecule has 1 aromatic rings. The number of nitrogens with two attached hydrogens (primary N) is 1. The van der Waals surface area contributed by atoms with E-state index in [2.05, 4.69) is 15.6 Å². The van der Waals surface area contributed by atoms with Crippen molar-refractivity contribution in [3.63, 3.8) is 0 Å². The predicted octanol–water partition coefficient (Wildman–Crippen LogP) is 0.0802. The molecule has 1 aromatic heterocycles. The van der Waals surface area contributed by atoms with E-state index < -0.39 is 0 Å². The topological polar surface area (TPSA) is 95.1 Å². The average molecular weight is 311 g/mol. The number of carbonyl (C=O) groups is 1. The van der Waals surface area contributed by atoms with Crippen molar-refractivity contribution in [3.8, 4) is 0 Å². The van der Waals surface area contributed by atoms with E-state index in [9.17, 15) is 4.79 Å². The van der Waals surface area contributed by atoms with Gasteiger partial charge in [-0.15, -0.1) is 5.10 Å². The van der Waals surface area contributed by atoms with Gasteiger partial charge in [0.2, 0.25) is 5.91 Å². The van der Waals surface area contributed by atoms with Gasteiger partial charge < -0.3 is 15.8 Å². The molecule has 1 spiro atoms. The normalized spacial score (nSPS) is 28.9. The molecule has 2 aliphatic heterocycles. The smallest absolute Gasteiger partial charge is 0.234 e. The lowest BCUT2D eigenvalue weighted by Gasteiger charge is -2.37. The Morgan fingerprint density at radius 1 is 1.67 bits per heavy atom. The standard InChI is InChI=1S/C13H21N5O2S/c14-6-12(19)15-7-10-8-18(17-16-10)11-1-3-20-13(5-11)2-4-21-9-13/h8,11H,1-7,9,14H2,(H,15,19). The summed E-state index contributed by atoms with van der Waals surface area (Å²) < 4.78 is 7.95. The molecule has 3 N–H and O–H groups in total. The van der Waals surface area contributed by atoms with Crippen LogP contribution in [0.3, 0.4) is 0 Å². The predicted molar refractivity (Wildman–Crippen MR) is 79.8 cm³/mol. The van der Waals surface area contributed by atoms with Gasteiger partial charge in [-0.1, -0.05) is 5.21 Å². The molecular formula is C13H21N5O2S. The fraction of sp³-hybridized carbons (Fsp3) is 0.769. The van der Waals surface area contributed by atoms with Crippen molar-refractivity contribution >= 4 is 17.7 Å². The second-order valence-electron chi connectivity index (χ2n) is 5.65. The molecule has 0 aromatic carbocycles. The molecule has 2 fully saturated rings. The van der Waals surface area contributed by atoms with E-state index in [1.165, 1.54) is 5.75 Å². The highest BCUT2D eigenvalue weighted by molar-refractivity contribution is 7.99. The van der Waals surface area contributed by atoms with Gasteiger partial charge in [0.05, 0.1) is 30.9 Å². The summed E-state index contributed by atoms with van der Waals surface area (Å²) in [6.07, 6.45) is 5.01. The molecule has 0 bridgehead atoms. The second-order valence-corrected chi connectivity index (χ2v) is 6.76. The molecule has 2 atom stereocenters. The summed E-state index contributed by atoms with van der Waals surface area (Å²) in [6.45, 7) is 1.15. The monoisotopic (exact) mass is 311 g/mol. The molecule has 2 saturated heterocycles. The maximum Gasteiger partial charge on any atom is 0.234 e. The maximum absolute atomic E-state index is 11.2. The number of hydrogen-bond acceptors (Lipinski definition) is 6. The third kappa shape index (κ3) is 3.38. The summed E-state index contributed by atoms with van der Waals surface area (Å²) in [7, 11) is 0. The summed E-state index contributed by atoms with van der Waals surface area (Å²) in [5, 5.41) is 11.0. The second kappa shape index (κ2) is 6.33. The van der Waals surface area contributed by atoms with Crippen molar-refractivity contribution in [2.45, 2.75) is 37.5 Å². The van der Waals surface area contributed by atoms with Gasteiger partial charge in [0.15, 0.2) is 0 Å². The fourth-order valence-corrected chi connectivity index (χ4v) is 4.30. The molecule has 8 heteroatoms. The Morgan fingerprint density at radius 2 is 2.57 bits per heavy atom. The zero-order valence-corrected chi connectivity index (χ0v) is 12.8. The highest BCUT2D eigenvalue weighted by Gasteiger charge is 2.41. The molecule has 7 nitrogen and oxygen atoms in total. The Bertz CT molecular complexity index is 501. The Hall–Kier alpha value is -1.12. The van der Waals surface area contributed by atoms with E-state index in [0.717, 1.165) is 37.3 Å². The van der Waals surface area contributed by atoms with Gasteiger partial charge in [0.25, 0.3) is 0 Å². The van der Waals surface area contributed by atoms with E-state index in [-0.39, 0.29) is 18.1 Å². The Labute approximate surface area is 128 Å². The summed E-state index contributed by atoms with van der Waals surface area (Å²) in [5.41, 5.74) is 6.05. The van der Waals surface area contributed by atoms with Gasteiger partial charge in [-0.25, -0.2) is 4.68 Å². The molecule has 21 heavy (non-hydrogen) atoms. The highest BCUT2D eigenvalue weighted by Crippen LogP contribution is 2.41. The number of nitrogens with one attached hydrogen (secondary N) is 1. The first-order chi connectivity index (χ1) is 10.2. The number of aromatic nitrogens is 3. The molecular weight excluding hydrogens is 290 g/mol. The van der Waals surface area contributed by atoms with Gasteiger partial charge in [-0.05, 0) is 25.0 Å². The molecule has 0 radical (unpaired) electrons. The summed E-state index contributed by atoms with van der Waals surface area (Å²) in [4.78, 5) is 11.2. The van der Waals surface area contributed by atoms with E-state index in [1.807, 2.05) is 22.6 Å². The lowest BCUT2D eigenvalue weighted by Crippen LogP contribution is -2.40. The molecule has 1 amide bonds. The van der Waals surface area contributed by atoms with Crippen molar-refractivity contribution in [1.29, 1.82) is 0 Å². The Balaban J connectivity index is 1.61. The zero-order chi connectivity index (χ0) is 14.7. The van der Waals surface area contributed by atoms with Crippen LogP contribution < -0.4 is 11.1 Å². The number of carbonyl (C=O) groups excluding carboxylic acids is 1. The van der Waals surface area contributed by atoms with Crippen LogP contribution in [0.15, 0.2) is 6.20 Å². The lowest BCUT2D eigenvalue weighted by atomic mass is 9.90. The molecule has 2 unspecified atom stereocenters. The number of thioether (sulfide) groups is 1. The number of amides is 1. The summed E-state index contributed by atoms with van der Waals surface area (Å²) in [5.74, 6) is 2.08. The van der Waals surface area contributed by atoms with Crippen LogP contribution in [0.2, 0.25) is 0 Å². The summed E-state index contributed by atoms with van der Waals surface area (Å²) in [6, 6.07) is 0.337. The molecule has 3 rings (SSSR count). The van der Waals surface area contributed by atoms with Gasteiger partial charge >= 0.3 is 0 Å². The molecule has 3 heterocycles. The van der Waals surface area contributed by atoms with Crippen LogP contribution in [0.1, 0.15) is 31.0 Å². The fourth-order valence-electron chi connectivity index (χ4n) is 2.93. The third-order valence-corrected chi connectivity index (χ3v) is 5.34. The van der Waals surface area contributed by atoms with E-state index in [0.29, 0.717) is 12.6 Å². The number of hydrogen-bond donors (Lipinski definition) is 2. The van der Waals surface area contributed by atoms with Crippen LogP contribution in [-0.4, -0.2) is 51.2 Å². The van der Waals surface area contributed by atoms with E-state index in [1.54, 1.807) is 0 Å². The Morgan fingerprint density at radius 3 is 3.33 bits per heavy atom. The number of rotatable bonds is 4. The van der Waals surface area contributed by atoms with Crippen LogP contribution >= 0.6 is 11.8 Å². The zero-order valence-electron chi connectivity index (χ0n) is 12.0. The van der Waals surface area contributed by atoms with Gasteiger partial charge in [-0.2, -0.15) is 11.8 Å². The van der Waals surface area contributed by atoms with Gasteiger partial charge in [-0.3, -0.25) is 4.79 Å². The maximum atomic E-state index is 11.2. The van der Waals surface area contributed by atoms with Crippen LogP contribution in [0.5, 0.6) is 0 Å². The molecule has 116 valence electrons. The average Bonchev–Trinajstić information content (AvgIpc) is 3.15. The first-order valence-electron chi connectivity index (χ1n) is 7.30. The van der Waals surface area contributed by atoms with Crippen molar-refractivity contribution < 1.29 is 9.53 Å². The van der Waals surface area contributed by atoms with Crippen molar-refractivity contribution in [1.82, 2.24) is 20.3 Å². The molecule has 2 aliphatic rings. The Kier molecular flexibility index (Phi) is 4.46. The quantitative estimate of drug-likeness (QED) is 0.818. The molecule has 0 saturated carbocycles. The van der Waals surface area contributed by atoms with Crippen LogP contribution in [0, 0.1) is 0 Å². The number of ether oxygens (including phenoxy) is 1. The number of nitrogens with zero attached hydrogens (tertiary/aromatic N) is 3. The third-order valence-electron chi connectivity index (χ3n) is 4.12. The van der Waals surface area contributed by atoms with Crippen LogP contribution in [0.25, 0.3) is 0 Å². The molecule has 0 aliphatic carbocycles. The van der Waals surface area contributed by atoms with Crippen LogP contribution in [-0.2, 0) is 16.1 Å². The first kappa shape index (κ1) is 14.8. The minimum absolute atomic E-state index is 0.00567. The minimum atomic E-state index is -0.183. The van der Waals surface area contributed by atoms with Crippen molar-refractivity contribution in [2.24, 2.45) is 5.73 Å². The highest BCUT2D eigenvalue weighted by atomic mass is 32.2. The van der Waals surface area contributed by atoms with Crippen molar-refractivity contribution in [2.75, 3.05) is 24.7 Å². The lowest BCUT2D eigenvalue weighted by molar-refractivity contribution is -0.119. The summed E-state index contributed by atoms with van der Waals surface area (Å²) >= 11 is 1.97. The van der Waals surface area contributed by atoms with Crippen molar-refractivity contribution in [3.05, 3.63) is 11.9 Å². The minimum Gasteiger partial charge on any atom is -0.374 e. The van der Waals surface area contributed by atoms with Crippen LogP contribution in [0.4, 0.5) is 0 Å². The largest absolute Gasteiger partial charge is 0.374 e. The SMILES string of the molecule is NCC(=O)NCc1cn(C2CCOC3(CCSC3)C2)nn1. The van der Waals surface area contributed by atoms with E-state index >= 15 is 0 Å². The van der Waals surface area contributed by atoms with Gasteiger partial charge in [0.1, 0.15) is 5.69 Å². The van der Waals surface area contributed by atoms with Gasteiger partial charge in [0, 0.05) is 12.4 Å².